The van der Waals surface area contributed by atoms with Gasteiger partial charge in [-0.25, -0.2) is 9.59 Å². The number of aliphatic hydroxyl groups excluding tert-OH is 2. The molecule has 5 N–H and O–H groups in total. The van der Waals surface area contributed by atoms with E-state index in [4.69, 9.17) is 25.2 Å². The molecular weight excluding hydrogens is 330 g/mol. The lowest BCUT2D eigenvalue weighted by Crippen LogP contribution is -2.39. The molecule has 1 rings (SSSR count). The van der Waals surface area contributed by atoms with Gasteiger partial charge >= 0.3 is 11.9 Å². The average Bonchev–Trinajstić information content (AvgIpc) is 2.53. The van der Waals surface area contributed by atoms with Gasteiger partial charge in [0.05, 0.1) is 0 Å². The molecule has 1 aromatic carbocycles. The van der Waals surface area contributed by atoms with Crippen LogP contribution < -0.4 is 10.1 Å². The number of para-hydroxylation sites is 1. The molecule has 8 nitrogen and oxygen atoms in total. The molecule has 0 aliphatic rings. The minimum atomic E-state index is -2.27. The molecule has 0 amide bonds. The Morgan fingerprint density at radius 2 is 1.52 bits per heavy atom. The standard InChI is InChI=1S/C13H21NO.C4H6O6/c1-5-14-12(4)9-15-13-10(2)7-6-8-11(13)3;5-1(3(7)8)2(6)4(9)10/h6-8,12,14H,5,9H2,1-4H3;1-2,5-6H,(H,7,8)(H,9,10). The molecule has 0 aliphatic heterocycles. The summed E-state index contributed by atoms with van der Waals surface area (Å²) in [6, 6.07) is 6.63. The predicted octanol–water partition coefficient (Wildman–Crippen LogP) is 0.558. The molecule has 0 fully saturated rings. The Morgan fingerprint density at radius 3 is 1.88 bits per heavy atom. The molecule has 0 saturated carbocycles. The maximum Gasteiger partial charge on any atom is 0.335 e. The highest BCUT2D eigenvalue weighted by atomic mass is 16.5. The molecule has 0 aromatic heterocycles. The van der Waals surface area contributed by atoms with Crippen LogP contribution in [0.15, 0.2) is 18.2 Å². The maximum absolute atomic E-state index is 9.77. The van der Waals surface area contributed by atoms with Crippen LogP contribution in [-0.4, -0.2) is 63.8 Å². The Morgan fingerprint density at radius 1 is 1.08 bits per heavy atom. The first-order valence-corrected chi connectivity index (χ1v) is 7.85. The zero-order valence-electron chi connectivity index (χ0n) is 14.9. The van der Waals surface area contributed by atoms with Crippen LogP contribution in [0.4, 0.5) is 0 Å². The van der Waals surface area contributed by atoms with E-state index in [0.29, 0.717) is 6.04 Å². The number of carbonyl (C=O) groups is 2. The summed E-state index contributed by atoms with van der Waals surface area (Å²) in [5.74, 6) is -2.51. The third-order valence-electron chi connectivity index (χ3n) is 3.24. The minimum Gasteiger partial charge on any atom is -0.491 e. The van der Waals surface area contributed by atoms with Crippen LogP contribution in [0.5, 0.6) is 5.75 Å². The molecule has 1 aromatic rings. The van der Waals surface area contributed by atoms with Gasteiger partial charge < -0.3 is 30.5 Å². The van der Waals surface area contributed by atoms with Crippen LogP contribution in [0.3, 0.4) is 0 Å². The van der Waals surface area contributed by atoms with Crippen molar-refractivity contribution in [3.8, 4) is 5.75 Å². The lowest BCUT2D eigenvalue weighted by Gasteiger charge is -2.16. The van der Waals surface area contributed by atoms with E-state index in [1.54, 1.807) is 0 Å². The van der Waals surface area contributed by atoms with Crippen molar-refractivity contribution in [3.05, 3.63) is 29.3 Å². The highest BCUT2D eigenvalue weighted by Crippen LogP contribution is 2.22. The minimum absolute atomic E-state index is 0.397. The van der Waals surface area contributed by atoms with Crippen LogP contribution >= 0.6 is 0 Å². The number of likely N-dealkylation sites (N-methyl/N-ethyl adjacent to an activating group) is 1. The normalized spacial score (nSPS) is 13.8. The molecule has 0 radical (unpaired) electrons. The summed E-state index contributed by atoms with van der Waals surface area (Å²) in [6.45, 7) is 10.1. The van der Waals surface area contributed by atoms with E-state index >= 15 is 0 Å². The second-order valence-electron chi connectivity index (χ2n) is 5.56. The number of aryl methyl sites for hydroxylation is 2. The molecular formula is C17H27NO7. The molecule has 0 aliphatic carbocycles. The van der Waals surface area contributed by atoms with Gasteiger partial charge in [-0.05, 0) is 38.4 Å². The molecule has 0 spiro atoms. The number of aliphatic hydroxyl groups is 2. The van der Waals surface area contributed by atoms with E-state index in [-0.39, 0.29) is 0 Å². The van der Waals surface area contributed by atoms with Gasteiger partial charge in [0.15, 0.2) is 12.2 Å². The van der Waals surface area contributed by atoms with Crippen molar-refractivity contribution >= 4 is 11.9 Å². The number of carboxylic acid groups (broad SMARTS) is 2. The van der Waals surface area contributed by atoms with Gasteiger partial charge in [-0.1, -0.05) is 25.1 Å². The van der Waals surface area contributed by atoms with Gasteiger partial charge in [0, 0.05) is 6.04 Å². The smallest absolute Gasteiger partial charge is 0.335 e. The summed E-state index contributed by atoms with van der Waals surface area (Å²) in [7, 11) is 0. The second kappa shape index (κ2) is 11.4. The fourth-order valence-corrected chi connectivity index (χ4v) is 1.91. The molecule has 3 unspecified atom stereocenters. The molecule has 0 saturated heterocycles. The van der Waals surface area contributed by atoms with E-state index in [9.17, 15) is 9.59 Å². The topological polar surface area (TPSA) is 136 Å². The van der Waals surface area contributed by atoms with E-state index in [1.165, 1.54) is 11.1 Å². The van der Waals surface area contributed by atoms with Crippen LogP contribution in [-0.2, 0) is 9.59 Å². The Kier molecular flexibility index (Phi) is 10.4. The fourth-order valence-electron chi connectivity index (χ4n) is 1.91. The van der Waals surface area contributed by atoms with E-state index in [2.05, 4.69) is 51.2 Å². The zero-order chi connectivity index (χ0) is 19.6. The number of hydrogen-bond acceptors (Lipinski definition) is 6. The van der Waals surface area contributed by atoms with Gasteiger partial charge in [-0.3, -0.25) is 0 Å². The van der Waals surface area contributed by atoms with Gasteiger partial charge in [-0.15, -0.1) is 0 Å². The molecule has 0 bridgehead atoms. The first-order chi connectivity index (χ1) is 11.6. The second-order valence-corrected chi connectivity index (χ2v) is 5.56. The van der Waals surface area contributed by atoms with Crippen molar-refractivity contribution in [1.29, 1.82) is 0 Å². The Bertz CT molecular complexity index is 524. The summed E-state index contributed by atoms with van der Waals surface area (Å²) >= 11 is 0. The molecule has 8 heteroatoms. The monoisotopic (exact) mass is 357 g/mol. The molecule has 3 atom stereocenters. The van der Waals surface area contributed by atoms with E-state index < -0.39 is 24.1 Å². The van der Waals surface area contributed by atoms with Gasteiger partial charge in [0.25, 0.3) is 0 Å². The van der Waals surface area contributed by atoms with E-state index in [0.717, 1.165) is 18.9 Å². The summed E-state index contributed by atoms with van der Waals surface area (Å²) in [5.41, 5.74) is 2.41. The highest BCUT2D eigenvalue weighted by molar-refractivity contribution is 5.83. The van der Waals surface area contributed by atoms with E-state index in [1.807, 2.05) is 0 Å². The zero-order valence-corrected chi connectivity index (χ0v) is 14.9. The van der Waals surface area contributed by atoms with Crippen LogP contribution in [0, 0.1) is 13.8 Å². The van der Waals surface area contributed by atoms with Crippen molar-refractivity contribution in [2.45, 2.75) is 45.9 Å². The first kappa shape index (κ1) is 22.8. The summed E-state index contributed by atoms with van der Waals surface area (Å²) < 4.78 is 5.82. The summed E-state index contributed by atoms with van der Waals surface area (Å²) in [4.78, 5) is 19.5. The Balaban J connectivity index is 0.000000504. The van der Waals surface area contributed by atoms with Crippen molar-refractivity contribution in [3.63, 3.8) is 0 Å². The summed E-state index contributed by atoms with van der Waals surface area (Å²) in [6.07, 6.45) is -4.53. The van der Waals surface area contributed by atoms with Crippen LogP contribution in [0.1, 0.15) is 25.0 Å². The average molecular weight is 357 g/mol. The number of hydrogen-bond donors (Lipinski definition) is 5. The lowest BCUT2D eigenvalue weighted by atomic mass is 10.1. The van der Waals surface area contributed by atoms with Gasteiger partial charge in [-0.2, -0.15) is 0 Å². The lowest BCUT2D eigenvalue weighted by molar-refractivity contribution is -0.165. The number of rotatable bonds is 8. The molecule has 0 heterocycles. The largest absolute Gasteiger partial charge is 0.491 e. The third-order valence-corrected chi connectivity index (χ3v) is 3.24. The number of carboxylic acids is 2. The van der Waals surface area contributed by atoms with Crippen molar-refractivity contribution in [2.24, 2.45) is 0 Å². The van der Waals surface area contributed by atoms with Crippen LogP contribution in [0.25, 0.3) is 0 Å². The first-order valence-electron chi connectivity index (χ1n) is 7.85. The fraction of sp³-hybridized carbons (Fsp3) is 0.529. The molecule has 142 valence electrons. The van der Waals surface area contributed by atoms with Crippen molar-refractivity contribution in [1.82, 2.24) is 5.32 Å². The predicted molar refractivity (Wildman–Crippen MR) is 91.8 cm³/mol. The molecule has 25 heavy (non-hydrogen) atoms. The number of aliphatic carboxylic acids is 2. The van der Waals surface area contributed by atoms with Gasteiger partial charge in [0.2, 0.25) is 0 Å². The number of nitrogens with one attached hydrogen (secondary N) is 1. The number of ether oxygens (including phenoxy) is 1. The summed E-state index contributed by atoms with van der Waals surface area (Å²) in [5, 5.41) is 35.9. The Labute approximate surface area is 147 Å². The van der Waals surface area contributed by atoms with Crippen molar-refractivity contribution < 1.29 is 34.8 Å². The van der Waals surface area contributed by atoms with Crippen molar-refractivity contribution in [2.75, 3.05) is 13.2 Å². The Hall–Kier alpha value is -2.16. The van der Waals surface area contributed by atoms with Crippen LogP contribution in [0.2, 0.25) is 0 Å². The quantitative estimate of drug-likeness (QED) is 0.455. The highest BCUT2D eigenvalue weighted by Gasteiger charge is 2.29. The SMILES string of the molecule is CCNC(C)COc1c(C)cccc1C.O=C(O)C(O)C(O)C(=O)O. The maximum atomic E-state index is 9.77. The number of benzene rings is 1. The van der Waals surface area contributed by atoms with Gasteiger partial charge in [0.1, 0.15) is 12.4 Å². The third kappa shape index (κ3) is 8.48.